The Bertz CT molecular complexity index is 548. The summed E-state index contributed by atoms with van der Waals surface area (Å²) in [7, 11) is -2.91. The molecule has 106 valence electrons. The normalized spacial score (nSPS) is 19.2. The van der Waals surface area contributed by atoms with Gasteiger partial charge in [-0.05, 0) is 12.8 Å². The second-order valence-electron chi connectivity index (χ2n) is 4.71. The van der Waals surface area contributed by atoms with E-state index < -0.39 is 9.84 Å². The summed E-state index contributed by atoms with van der Waals surface area (Å²) in [6.45, 7) is 3.22. The highest BCUT2D eigenvalue weighted by Crippen LogP contribution is 2.19. The fraction of sp³-hybridized carbons (Fsp3) is 0.667. The van der Waals surface area contributed by atoms with E-state index in [9.17, 15) is 8.42 Å². The molecule has 1 fully saturated rings. The van der Waals surface area contributed by atoms with Gasteiger partial charge in [0.15, 0.2) is 9.84 Å². The van der Waals surface area contributed by atoms with Crippen LogP contribution in [0.5, 0.6) is 0 Å². The van der Waals surface area contributed by atoms with Crippen LogP contribution in [0.1, 0.15) is 25.6 Å². The maximum atomic E-state index is 11.6. The molecule has 0 N–H and O–H groups in total. The van der Waals surface area contributed by atoms with E-state index in [1.54, 1.807) is 6.07 Å². The third kappa shape index (κ3) is 4.04. The van der Waals surface area contributed by atoms with Crippen LogP contribution in [0, 0.1) is 0 Å². The highest BCUT2D eigenvalue weighted by atomic mass is 35.5. The van der Waals surface area contributed by atoms with Crippen LogP contribution >= 0.6 is 11.6 Å². The number of aromatic nitrogens is 2. The number of hydrogen-bond acceptors (Lipinski definition) is 5. The first-order chi connectivity index (χ1) is 9.00. The van der Waals surface area contributed by atoms with Crippen LogP contribution in [-0.2, 0) is 16.3 Å². The van der Waals surface area contributed by atoms with Crippen LogP contribution in [0.25, 0.3) is 0 Å². The highest BCUT2D eigenvalue weighted by Gasteiger charge is 2.20. The third-order valence-electron chi connectivity index (χ3n) is 3.08. The summed E-state index contributed by atoms with van der Waals surface area (Å²) in [5, 5.41) is 0.417. The van der Waals surface area contributed by atoms with Crippen LogP contribution in [-0.4, -0.2) is 43.0 Å². The van der Waals surface area contributed by atoms with Crippen molar-refractivity contribution in [1.29, 1.82) is 0 Å². The minimum Gasteiger partial charge on any atom is -0.355 e. The van der Waals surface area contributed by atoms with Crippen molar-refractivity contribution in [3.05, 3.63) is 17.0 Å². The molecule has 5 nitrogen and oxygen atoms in total. The minimum absolute atomic E-state index is 0.178. The molecule has 0 spiro atoms. The van der Waals surface area contributed by atoms with E-state index in [2.05, 4.69) is 16.9 Å². The second kappa shape index (κ2) is 6.05. The van der Waals surface area contributed by atoms with Gasteiger partial charge in [-0.1, -0.05) is 18.5 Å². The molecule has 2 heterocycles. The fourth-order valence-electron chi connectivity index (χ4n) is 2.12. The molecular weight excluding hydrogens is 286 g/mol. The number of anilines is 1. The molecule has 0 unspecified atom stereocenters. The Morgan fingerprint density at radius 1 is 1.32 bits per heavy atom. The van der Waals surface area contributed by atoms with Gasteiger partial charge in [0, 0.05) is 25.6 Å². The lowest BCUT2D eigenvalue weighted by atomic mass is 10.3. The van der Waals surface area contributed by atoms with Crippen molar-refractivity contribution in [2.45, 2.75) is 26.2 Å². The Kier molecular flexibility index (Phi) is 4.62. The Hall–Kier alpha value is -0.880. The van der Waals surface area contributed by atoms with Gasteiger partial charge in [0.1, 0.15) is 16.8 Å². The lowest BCUT2D eigenvalue weighted by Crippen LogP contribution is -2.28. The van der Waals surface area contributed by atoms with Gasteiger partial charge in [-0.3, -0.25) is 0 Å². The number of nitrogens with zero attached hydrogens (tertiary/aromatic N) is 3. The van der Waals surface area contributed by atoms with Crippen molar-refractivity contribution in [2.75, 3.05) is 29.5 Å². The van der Waals surface area contributed by atoms with E-state index >= 15 is 0 Å². The molecule has 0 radical (unpaired) electrons. The second-order valence-corrected chi connectivity index (χ2v) is 7.40. The number of hydrogen-bond donors (Lipinski definition) is 0. The van der Waals surface area contributed by atoms with E-state index in [4.69, 9.17) is 11.6 Å². The number of aryl methyl sites for hydroxylation is 1. The Morgan fingerprint density at radius 3 is 2.84 bits per heavy atom. The van der Waals surface area contributed by atoms with Gasteiger partial charge in [0.05, 0.1) is 11.5 Å². The van der Waals surface area contributed by atoms with Crippen molar-refractivity contribution in [3.63, 3.8) is 0 Å². The number of sulfone groups is 1. The van der Waals surface area contributed by atoms with Crippen molar-refractivity contribution in [3.8, 4) is 0 Å². The lowest BCUT2D eigenvalue weighted by Gasteiger charge is -2.21. The first-order valence-electron chi connectivity index (χ1n) is 6.49. The van der Waals surface area contributed by atoms with Gasteiger partial charge < -0.3 is 4.90 Å². The van der Waals surface area contributed by atoms with E-state index in [0.29, 0.717) is 24.7 Å². The largest absolute Gasteiger partial charge is 0.355 e. The molecule has 7 heteroatoms. The maximum Gasteiger partial charge on any atom is 0.152 e. The molecule has 1 saturated heterocycles. The molecule has 2 rings (SSSR count). The summed E-state index contributed by atoms with van der Waals surface area (Å²) < 4.78 is 23.2. The number of rotatable bonds is 3. The molecule has 19 heavy (non-hydrogen) atoms. The summed E-state index contributed by atoms with van der Waals surface area (Å²) in [5.41, 5.74) is 0. The van der Waals surface area contributed by atoms with Crippen LogP contribution in [0.15, 0.2) is 6.07 Å². The van der Waals surface area contributed by atoms with E-state index in [1.807, 2.05) is 4.90 Å². The minimum atomic E-state index is -2.91. The van der Waals surface area contributed by atoms with Gasteiger partial charge in [0.2, 0.25) is 0 Å². The van der Waals surface area contributed by atoms with Crippen LogP contribution in [0.4, 0.5) is 5.82 Å². The zero-order valence-electron chi connectivity index (χ0n) is 11.0. The standard InChI is InChI=1S/C12H18ClN3O2S/c1-2-4-11-14-10(13)9-12(15-11)16-5-3-7-19(17,18)8-6-16/h9H,2-8H2,1H3. The lowest BCUT2D eigenvalue weighted by molar-refractivity contribution is 0.597. The smallest absolute Gasteiger partial charge is 0.152 e. The predicted octanol–water partition coefficient (Wildman–Crippen LogP) is 1.71. The molecule has 1 aromatic rings. The molecule has 1 aromatic heterocycles. The summed E-state index contributed by atoms with van der Waals surface area (Å²) in [4.78, 5) is 10.6. The summed E-state index contributed by atoms with van der Waals surface area (Å²) >= 11 is 6.01. The zero-order valence-corrected chi connectivity index (χ0v) is 12.5. The fourth-order valence-corrected chi connectivity index (χ4v) is 3.58. The zero-order chi connectivity index (χ0) is 13.9. The van der Waals surface area contributed by atoms with Crippen LogP contribution < -0.4 is 4.90 Å². The van der Waals surface area contributed by atoms with Gasteiger partial charge in [-0.2, -0.15) is 0 Å². The first-order valence-corrected chi connectivity index (χ1v) is 8.69. The molecule has 0 atom stereocenters. The molecule has 0 aliphatic carbocycles. The SMILES string of the molecule is CCCc1nc(Cl)cc(N2CCCS(=O)(=O)CC2)n1. The first kappa shape index (κ1) is 14.5. The summed E-state index contributed by atoms with van der Waals surface area (Å²) in [5.74, 6) is 1.89. The molecular formula is C12H18ClN3O2S. The van der Waals surface area contributed by atoms with Gasteiger partial charge >= 0.3 is 0 Å². The van der Waals surface area contributed by atoms with Crippen LogP contribution in [0.3, 0.4) is 0 Å². The molecule has 0 aromatic carbocycles. The average molecular weight is 304 g/mol. The predicted molar refractivity (Wildman–Crippen MR) is 76.5 cm³/mol. The molecule has 0 bridgehead atoms. The Morgan fingerprint density at radius 2 is 2.11 bits per heavy atom. The van der Waals surface area contributed by atoms with Crippen molar-refractivity contribution in [1.82, 2.24) is 9.97 Å². The molecule has 0 amide bonds. The van der Waals surface area contributed by atoms with E-state index in [-0.39, 0.29) is 11.5 Å². The molecule has 1 aliphatic rings. The highest BCUT2D eigenvalue weighted by molar-refractivity contribution is 7.91. The maximum absolute atomic E-state index is 11.6. The van der Waals surface area contributed by atoms with Crippen molar-refractivity contribution >= 4 is 27.3 Å². The van der Waals surface area contributed by atoms with Gasteiger partial charge in [0.25, 0.3) is 0 Å². The molecule has 0 saturated carbocycles. The van der Waals surface area contributed by atoms with Crippen molar-refractivity contribution < 1.29 is 8.42 Å². The third-order valence-corrected chi connectivity index (χ3v) is 4.99. The summed E-state index contributed by atoms with van der Waals surface area (Å²) in [6, 6.07) is 1.71. The van der Waals surface area contributed by atoms with E-state index in [1.165, 1.54) is 0 Å². The Labute approximate surface area is 118 Å². The number of halogens is 1. The van der Waals surface area contributed by atoms with Crippen LogP contribution in [0.2, 0.25) is 5.15 Å². The van der Waals surface area contributed by atoms with Gasteiger partial charge in [-0.15, -0.1) is 0 Å². The average Bonchev–Trinajstić information content (AvgIpc) is 2.50. The topological polar surface area (TPSA) is 63.2 Å². The Balaban J connectivity index is 2.21. The quantitative estimate of drug-likeness (QED) is 0.795. The summed E-state index contributed by atoms with van der Waals surface area (Å²) in [6.07, 6.45) is 2.36. The van der Waals surface area contributed by atoms with Crippen molar-refractivity contribution in [2.24, 2.45) is 0 Å². The van der Waals surface area contributed by atoms with E-state index in [0.717, 1.165) is 24.5 Å². The van der Waals surface area contributed by atoms with Gasteiger partial charge in [-0.25, -0.2) is 18.4 Å². The monoisotopic (exact) mass is 303 g/mol. The molecule has 1 aliphatic heterocycles.